The van der Waals surface area contributed by atoms with Crippen LogP contribution in [0.4, 0.5) is 31.1 Å². The number of piperidine rings is 1. The van der Waals surface area contributed by atoms with Crippen molar-refractivity contribution in [1.29, 1.82) is 0 Å². The SMILES string of the molecule is C=C1CN(C(=O)OCC)C(CC)CC1N(Cc1cc(C(F)(F)F)cc(C(F)(F)F)c1)C1=NC=C(OCCCCO)CC=N1. The lowest BCUT2D eigenvalue weighted by Crippen LogP contribution is -2.54. The second-order valence-electron chi connectivity index (χ2n) is 10.2. The molecule has 238 valence electrons. The van der Waals surface area contributed by atoms with Crippen molar-refractivity contribution in [2.75, 3.05) is 26.4 Å². The molecule has 1 amide bonds. The fraction of sp³-hybridized carbons (Fsp3) is 0.552. The Morgan fingerprint density at radius 3 is 2.37 bits per heavy atom. The summed E-state index contributed by atoms with van der Waals surface area (Å²) >= 11 is 0. The number of aliphatic hydroxyl groups excluding tert-OH is 1. The first-order chi connectivity index (χ1) is 20.3. The third-order valence-electron chi connectivity index (χ3n) is 7.05. The van der Waals surface area contributed by atoms with Gasteiger partial charge in [0.25, 0.3) is 0 Å². The van der Waals surface area contributed by atoms with Gasteiger partial charge in [-0.2, -0.15) is 26.3 Å². The molecular formula is C29H36F6N4O4. The second-order valence-corrected chi connectivity index (χ2v) is 10.2. The molecule has 14 heteroatoms. The molecule has 0 saturated carbocycles. The molecule has 2 unspecified atom stereocenters. The van der Waals surface area contributed by atoms with Crippen molar-refractivity contribution in [3.8, 4) is 0 Å². The molecule has 1 aromatic rings. The van der Waals surface area contributed by atoms with E-state index in [0.717, 1.165) is 0 Å². The number of halogens is 6. The first-order valence-corrected chi connectivity index (χ1v) is 14.0. The van der Waals surface area contributed by atoms with Gasteiger partial charge in [-0.15, -0.1) is 0 Å². The lowest BCUT2D eigenvalue weighted by molar-refractivity contribution is -0.143. The van der Waals surface area contributed by atoms with Crippen LogP contribution in [0, 0.1) is 0 Å². The highest BCUT2D eigenvalue weighted by atomic mass is 19.4. The number of carbonyl (C=O) groups excluding carboxylic acids is 1. The van der Waals surface area contributed by atoms with E-state index in [-0.39, 0.29) is 56.2 Å². The standard InChI is InChI=1S/C29H36F6N4O4/c1-4-23-15-25(19(3)17-38(23)27(41)42-5-2)39(26-36-9-8-24(16-37-26)43-11-7-6-10-40)18-20-12-21(28(30,31)32)14-22(13-20)29(33,34)35/h9,12-14,16,23,25,40H,3-8,10-11,15,17-18H2,1-2H3. The summed E-state index contributed by atoms with van der Waals surface area (Å²) in [6.45, 7) is 7.81. The van der Waals surface area contributed by atoms with E-state index in [1.807, 2.05) is 6.92 Å². The van der Waals surface area contributed by atoms with Gasteiger partial charge in [-0.05, 0) is 61.9 Å². The third kappa shape index (κ3) is 9.22. The van der Waals surface area contributed by atoms with Crippen LogP contribution in [-0.4, -0.2) is 71.6 Å². The van der Waals surface area contributed by atoms with Crippen molar-refractivity contribution in [3.63, 3.8) is 0 Å². The average molecular weight is 619 g/mol. The Bertz CT molecular complexity index is 1200. The number of nitrogens with zero attached hydrogens (tertiary/aromatic N) is 4. The van der Waals surface area contributed by atoms with E-state index >= 15 is 0 Å². The monoisotopic (exact) mass is 618 g/mol. The number of unbranched alkanes of at least 4 members (excludes halogenated alkanes) is 1. The number of hydrogen-bond acceptors (Lipinski definition) is 7. The molecule has 0 radical (unpaired) electrons. The maximum Gasteiger partial charge on any atom is 0.416 e. The Labute approximate surface area is 246 Å². The summed E-state index contributed by atoms with van der Waals surface area (Å²) < 4.78 is 92.7. The number of benzene rings is 1. The Morgan fingerprint density at radius 2 is 1.79 bits per heavy atom. The largest absolute Gasteiger partial charge is 0.496 e. The highest BCUT2D eigenvalue weighted by Crippen LogP contribution is 2.37. The van der Waals surface area contributed by atoms with E-state index in [0.29, 0.717) is 49.3 Å². The molecule has 0 bridgehead atoms. The predicted molar refractivity (Wildman–Crippen MR) is 148 cm³/mol. The van der Waals surface area contributed by atoms with E-state index in [1.54, 1.807) is 6.92 Å². The van der Waals surface area contributed by atoms with Crippen LogP contribution in [0.2, 0.25) is 0 Å². The molecule has 1 aromatic carbocycles. The number of amides is 1. The van der Waals surface area contributed by atoms with E-state index in [4.69, 9.17) is 14.6 Å². The van der Waals surface area contributed by atoms with Gasteiger partial charge in [-0.25, -0.2) is 14.8 Å². The number of carbonyl (C=O) groups is 1. The number of allylic oxidation sites excluding steroid dienone is 1. The Kier molecular flexibility index (Phi) is 11.7. The van der Waals surface area contributed by atoms with E-state index < -0.39 is 42.2 Å². The maximum atomic E-state index is 13.6. The zero-order valence-electron chi connectivity index (χ0n) is 24.0. The fourth-order valence-corrected chi connectivity index (χ4v) is 4.88. The summed E-state index contributed by atoms with van der Waals surface area (Å²) in [6.07, 6.45) is -5.47. The van der Waals surface area contributed by atoms with Crippen LogP contribution in [0.1, 0.15) is 62.6 Å². The summed E-state index contributed by atoms with van der Waals surface area (Å²) in [5.74, 6) is 0.503. The van der Waals surface area contributed by atoms with Crippen LogP contribution in [0.5, 0.6) is 0 Å². The normalized spacial score (nSPS) is 19.5. The number of hydrogen-bond donors (Lipinski definition) is 1. The van der Waals surface area contributed by atoms with Crippen LogP contribution >= 0.6 is 0 Å². The first kappa shape index (κ1) is 33.9. The lowest BCUT2D eigenvalue weighted by Gasteiger charge is -2.44. The molecule has 8 nitrogen and oxygen atoms in total. The maximum absolute atomic E-state index is 13.6. The highest BCUT2D eigenvalue weighted by Gasteiger charge is 2.40. The topological polar surface area (TPSA) is 87.0 Å². The van der Waals surface area contributed by atoms with Gasteiger partial charge >= 0.3 is 18.4 Å². The number of aliphatic hydroxyl groups is 1. The van der Waals surface area contributed by atoms with Crippen molar-refractivity contribution in [1.82, 2.24) is 9.80 Å². The highest BCUT2D eigenvalue weighted by molar-refractivity contribution is 5.90. The zero-order valence-corrected chi connectivity index (χ0v) is 24.0. The quantitative estimate of drug-likeness (QED) is 0.183. The minimum absolute atomic E-state index is 0.0182. The minimum Gasteiger partial charge on any atom is -0.496 e. The van der Waals surface area contributed by atoms with Gasteiger partial charge in [0.2, 0.25) is 5.96 Å². The molecule has 1 fully saturated rings. The Morgan fingerprint density at radius 1 is 1.12 bits per heavy atom. The molecule has 43 heavy (non-hydrogen) atoms. The molecule has 0 spiro atoms. The number of rotatable bonds is 10. The van der Waals surface area contributed by atoms with Crippen molar-refractivity contribution in [3.05, 3.63) is 59.0 Å². The molecule has 2 aliphatic rings. The number of likely N-dealkylation sites (tertiary alicyclic amines) is 1. The molecule has 1 N–H and O–H groups in total. The smallest absolute Gasteiger partial charge is 0.416 e. The van der Waals surface area contributed by atoms with Gasteiger partial charge in [0.1, 0.15) is 5.76 Å². The molecule has 2 atom stereocenters. The van der Waals surface area contributed by atoms with E-state index in [9.17, 15) is 31.1 Å². The Balaban J connectivity index is 2.04. The molecule has 0 aromatic heterocycles. The molecule has 2 aliphatic heterocycles. The van der Waals surface area contributed by atoms with Crippen LogP contribution in [0.3, 0.4) is 0 Å². The van der Waals surface area contributed by atoms with Gasteiger partial charge in [-0.3, -0.25) is 0 Å². The van der Waals surface area contributed by atoms with Crippen LogP contribution in [0.25, 0.3) is 0 Å². The van der Waals surface area contributed by atoms with Crippen molar-refractivity contribution < 1.29 is 45.7 Å². The lowest BCUT2D eigenvalue weighted by atomic mass is 9.90. The zero-order chi connectivity index (χ0) is 31.8. The van der Waals surface area contributed by atoms with Gasteiger partial charge in [0, 0.05) is 38.4 Å². The van der Waals surface area contributed by atoms with Crippen LogP contribution in [-0.2, 0) is 28.4 Å². The first-order valence-electron chi connectivity index (χ1n) is 14.0. The predicted octanol–water partition coefficient (Wildman–Crippen LogP) is 6.55. The fourth-order valence-electron chi connectivity index (χ4n) is 4.88. The van der Waals surface area contributed by atoms with Crippen molar-refractivity contribution in [2.24, 2.45) is 9.98 Å². The van der Waals surface area contributed by atoms with Crippen LogP contribution < -0.4 is 0 Å². The van der Waals surface area contributed by atoms with Crippen LogP contribution in [0.15, 0.2) is 52.3 Å². The van der Waals surface area contributed by atoms with Gasteiger partial charge in [0.05, 0.1) is 36.6 Å². The molecule has 0 aliphatic carbocycles. The molecule has 3 rings (SSSR count). The van der Waals surface area contributed by atoms with Gasteiger partial charge in [0.15, 0.2) is 0 Å². The summed E-state index contributed by atoms with van der Waals surface area (Å²) in [7, 11) is 0. The van der Waals surface area contributed by atoms with E-state index in [1.165, 1.54) is 22.2 Å². The van der Waals surface area contributed by atoms with Crippen molar-refractivity contribution >= 4 is 18.3 Å². The van der Waals surface area contributed by atoms with Gasteiger partial charge in [-0.1, -0.05) is 13.5 Å². The number of ether oxygens (including phenoxy) is 2. The number of guanidine groups is 1. The number of alkyl halides is 6. The van der Waals surface area contributed by atoms with Gasteiger partial charge < -0.3 is 24.4 Å². The van der Waals surface area contributed by atoms with Crippen molar-refractivity contribution in [2.45, 2.75) is 76.9 Å². The molecule has 2 heterocycles. The summed E-state index contributed by atoms with van der Waals surface area (Å²) in [6, 6.07) is 0.476. The average Bonchev–Trinajstić information content (AvgIpc) is 3.19. The molecule has 1 saturated heterocycles. The third-order valence-corrected chi connectivity index (χ3v) is 7.05. The van der Waals surface area contributed by atoms with E-state index in [2.05, 4.69) is 16.6 Å². The summed E-state index contributed by atoms with van der Waals surface area (Å²) in [5, 5.41) is 8.96. The summed E-state index contributed by atoms with van der Waals surface area (Å²) in [4.78, 5) is 24.4. The second kappa shape index (κ2) is 14.8. The summed E-state index contributed by atoms with van der Waals surface area (Å²) in [5.41, 5.74) is -2.61. The Hall–Kier alpha value is -3.55. The number of aliphatic imine (C=N–C) groups is 2. The molecular weight excluding hydrogens is 582 g/mol. The minimum atomic E-state index is -5.01.